The van der Waals surface area contributed by atoms with Crippen LogP contribution >= 0.6 is 0 Å². The van der Waals surface area contributed by atoms with E-state index in [9.17, 15) is 50.2 Å². The third-order valence-electron chi connectivity index (χ3n) is 8.46. The number of imide groups is 1. The third-order valence-corrected chi connectivity index (χ3v) is 10.3. The number of hydrogen-bond acceptors (Lipinski definition) is 11. The fourth-order valence-corrected chi connectivity index (χ4v) is 8.34. The highest BCUT2D eigenvalue weighted by Crippen LogP contribution is 2.50. The van der Waals surface area contributed by atoms with Gasteiger partial charge in [0.15, 0.2) is 16.2 Å². The topological polar surface area (TPSA) is 251 Å². The quantitative estimate of drug-likeness (QED) is 0.152. The summed E-state index contributed by atoms with van der Waals surface area (Å²) in [5.74, 6) is -3.54. The lowest BCUT2D eigenvalue weighted by Gasteiger charge is -2.37. The number of aromatic carboxylic acids is 1. The van der Waals surface area contributed by atoms with E-state index in [1.807, 2.05) is 20.8 Å². The number of carboxylic acid groups (broad SMARTS) is 1. The molecule has 15 nitrogen and oxygen atoms in total. The van der Waals surface area contributed by atoms with E-state index in [0.29, 0.717) is 22.6 Å². The van der Waals surface area contributed by atoms with Crippen molar-refractivity contribution in [2.45, 2.75) is 69.1 Å². The summed E-state index contributed by atoms with van der Waals surface area (Å²) in [6.45, 7) is 6.97. The predicted molar refractivity (Wildman–Crippen MR) is 171 cm³/mol. The summed E-state index contributed by atoms with van der Waals surface area (Å²) < 4.78 is 79.2. The minimum atomic E-state index is -5.24. The molecule has 0 bridgehead atoms. The number of nitrogens with two attached hydrogens (primary N) is 1. The van der Waals surface area contributed by atoms with Crippen molar-refractivity contribution in [3.05, 3.63) is 64.5 Å². The molecule has 17 heteroatoms. The number of benzene rings is 3. The number of rotatable bonds is 5. The molecule has 1 fully saturated rings. The van der Waals surface area contributed by atoms with E-state index in [4.69, 9.17) is 9.83 Å². The predicted octanol–water partition coefficient (Wildman–Crippen LogP) is 2.40. The fraction of sp³-hybridized carbons (Fsp3) is 0.303. The Morgan fingerprint density at radius 1 is 1.02 bits per heavy atom. The van der Waals surface area contributed by atoms with Crippen LogP contribution < -0.4 is 10.8 Å². The summed E-state index contributed by atoms with van der Waals surface area (Å²) in [7, 11) is -10.2. The number of carbonyl (C=O) groups excluding carboxylic acids is 3. The average molecular weight is 729 g/mol. The Morgan fingerprint density at radius 3 is 2.20 bits per heavy atom. The molecule has 0 saturated carbocycles. The average Bonchev–Trinajstić information content (AvgIpc) is 3.29. The van der Waals surface area contributed by atoms with Crippen LogP contribution in [0.3, 0.4) is 0 Å². The van der Waals surface area contributed by atoms with Gasteiger partial charge in [0.25, 0.3) is 21.9 Å². The largest absolute Gasteiger partial charge is 0.744 e. The van der Waals surface area contributed by atoms with Crippen LogP contribution in [0, 0.1) is 5.41 Å². The van der Waals surface area contributed by atoms with Gasteiger partial charge < -0.3 is 18.9 Å². The lowest BCUT2D eigenvalue weighted by Crippen LogP contribution is -2.47. The number of carbonyl (C=O) groups is 4. The molecule has 0 spiro atoms. The van der Waals surface area contributed by atoms with E-state index in [-0.39, 0.29) is 58.2 Å². The second-order valence-corrected chi connectivity index (χ2v) is 15.6. The molecule has 1 unspecified atom stereocenters. The van der Waals surface area contributed by atoms with Crippen molar-refractivity contribution in [1.82, 2.24) is 5.06 Å². The molecule has 4 aliphatic rings. The normalized spacial score (nSPS) is 17.3. The highest BCUT2D eigenvalue weighted by molar-refractivity contribution is 7.86. The van der Waals surface area contributed by atoms with E-state index in [1.54, 1.807) is 12.1 Å². The molecule has 50 heavy (non-hydrogen) atoms. The zero-order valence-corrected chi connectivity index (χ0v) is 28.8. The van der Waals surface area contributed by atoms with Crippen molar-refractivity contribution in [3.63, 3.8) is 0 Å². The smallest absolute Gasteiger partial charge is 0.336 e. The number of fused-ring (bicyclic) bond motifs is 3. The molecule has 2 aliphatic carbocycles. The van der Waals surface area contributed by atoms with Crippen LogP contribution in [0.1, 0.15) is 74.4 Å². The molecular formula is C33H32N2O13S2. The van der Waals surface area contributed by atoms with Crippen molar-refractivity contribution in [2.24, 2.45) is 5.41 Å². The number of carboxylic acids is 1. The van der Waals surface area contributed by atoms with Gasteiger partial charge in [-0.15, -0.1) is 5.06 Å². The minimum Gasteiger partial charge on any atom is -0.744 e. The van der Waals surface area contributed by atoms with Crippen LogP contribution in [-0.4, -0.2) is 59.9 Å². The molecule has 2 aromatic carbocycles. The maximum absolute atomic E-state index is 12.9. The number of hydrogen-bond donors (Lipinski definition) is 3. The van der Waals surface area contributed by atoms with E-state index >= 15 is 0 Å². The van der Waals surface area contributed by atoms with Crippen molar-refractivity contribution in [1.29, 1.82) is 0 Å². The lowest BCUT2D eigenvalue weighted by molar-refractivity contribution is -0.195. The standard InChI is InChI=1S/C27H25NO9S2.C6H7NO4/c1-13-11-27(2,3)12-19-17(13)10-18-21(14-6-4-5-7-15(14)26(29)30)16-8-9-20(28)25(39(34,35)36)22(16)37-23(18)24(19)38(31,32)33;1-4(8)11-7-5(9)2-3-6(7)10/h4-10,13,28H,11-12H2,1-3H3,(H,29,30)(H,31,32,33)(H,34,35,36);2-3H2,1H3. The van der Waals surface area contributed by atoms with Crippen LogP contribution in [-0.2, 0) is 45.9 Å². The summed E-state index contributed by atoms with van der Waals surface area (Å²) in [5.41, 5.74) is 0.316. The van der Waals surface area contributed by atoms with Gasteiger partial charge in [-0.25, -0.2) is 18.0 Å². The first-order valence-corrected chi connectivity index (χ1v) is 18.0. The first-order valence-electron chi connectivity index (χ1n) is 15.1. The zero-order chi connectivity index (χ0) is 37.1. The van der Waals surface area contributed by atoms with Crippen molar-refractivity contribution < 1.29 is 64.9 Å². The summed E-state index contributed by atoms with van der Waals surface area (Å²) in [5, 5.41) is 16.0. The Morgan fingerprint density at radius 2 is 1.64 bits per heavy atom. The Labute approximate surface area is 285 Å². The Hall–Kier alpha value is -4.97. The lowest BCUT2D eigenvalue weighted by atomic mass is 9.69. The summed E-state index contributed by atoms with van der Waals surface area (Å²) in [6.07, 6.45) is 1.23. The number of hydroxylamine groups is 2. The molecule has 1 atom stereocenters. The van der Waals surface area contributed by atoms with Crippen molar-refractivity contribution >= 4 is 55.0 Å². The second-order valence-electron chi connectivity index (χ2n) is 12.9. The monoisotopic (exact) mass is 728 g/mol. The van der Waals surface area contributed by atoms with Crippen molar-refractivity contribution in [2.75, 3.05) is 0 Å². The first kappa shape index (κ1) is 36.3. The molecule has 264 valence electrons. The summed E-state index contributed by atoms with van der Waals surface area (Å²) >= 11 is 0. The van der Waals surface area contributed by atoms with Gasteiger partial charge in [-0.1, -0.05) is 39.0 Å². The van der Waals surface area contributed by atoms with Crippen LogP contribution in [0.4, 0.5) is 0 Å². The summed E-state index contributed by atoms with van der Waals surface area (Å²) in [6, 6.07) is 10.2. The van der Waals surface area contributed by atoms with Gasteiger partial charge in [0.2, 0.25) is 5.36 Å². The molecule has 0 aromatic heterocycles. The molecule has 2 amide bonds. The molecule has 2 aromatic rings. The zero-order valence-electron chi connectivity index (χ0n) is 27.2. The van der Waals surface area contributed by atoms with Gasteiger partial charge in [0, 0.05) is 42.3 Å². The Kier molecular flexibility index (Phi) is 9.24. The van der Waals surface area contributed by atoms with Crippen molar-refractivity contribution in [3.8, 4) is 22.5 Å². The highest BCUT2D eigenvalue weighted by Gasteiger charge is 2.38. The minimum absolute atomic E-state index is 0.0323. The third kappa shape index (κ3) is 6.76. The molecule has 4 N–H and O–H groups in total. The molecular weight excluding hydrogens is 696 g/mol. The Balaban J connectivity index is 0.000000377. The molecule has 2 aliphatic heterocycles. The van der Waals surface area contributed by atoms with Gasteiger partial charge in [-0.2, -0.15) is 8.42 Å². The van der Waals surface area contributed by atoms with Gasteiger partial charge >= 0.3 is 11.9 Å². The molecule has 1 saturated heterocycles. The highest BCUT2D eigenvalue weighted by atomic mass is 32.2. The van der Waals surface area contributed by atoms with E-state index in [2.05, 4.69) is 4.84 Å². The fourth-order valence-electron chi connectivity index (χ4n) is 6.72. The van der Waals surface area contributed by atoms with Gasteiger partial charge in [0.05, 0.1) is 5.56 Å². The van der Waals surface area contributed by atoms with Crippen LogP contribution in [0.5, 0.6) is 0 Å². The second kappa shape index (κ2) is 12.7. The van der Waals surface area contributed by atoms with E-state index in [1.165, 1.54) is 30.3 Å². The van der Waals surface area contributed by atoms with Crippen LogP contribution in [0.25, 0.3) is 33.4 Å². The van der Waals surface area contributed by atoms with Crippen LogP contribution in [0.15, 0.2) is 56.7 Å². The molecule has 0 radical (unpaired) electrons. The number of amides is 2. The molecule has 6 rings (SSSR count). The van der Waals surface area contributed by atoms with E-state index in [0.717, 1.165) is 6.92 Å². The first-order chi connectivity index (χ1) is 23.1. The van der Waals surface area contributed by atoms with Gasteiger partial charge in [0.1, 0.15) is 15.0 Å². The summed E-state index contributed by atoms with van der Waals surface area (Å²) in [4.78, 5) is 46.9. The van der Waals surface area contributed by atoms with Crippen LogP contribution in [0.2, 0.25) is 0 Å². The van der Waals surface area contributed by atoms with Gasteiger partial charge in [-0.3, -0.25) is 19.6 Å². The van der Waals surface area contributed by atoms with Gasteiger partial charge in [-0.05, 0) is 59.1 Å². The maximum Gasteiger partial charge on any atom is 0.336 e. The number of nitrogens with zero attached hydrogens (tertiary/aromatic N) is 1. The Bertz CT molecular complexity index is 2360. The maximum atomic E-state index is 12.9. The SMILES string of the molecule is CC(=O)ON1C(=O)CCC1=O.CC1CC(C)(C)Cc2c1cc1c(-c3ccccc3C(=O)O)c3ccc(=[NH2+])c(S(=O)(=O)[O-])c-3oc1c2S(=O)(=O)O. The molecule has 2 heterocycles. The van der Waals surface area contributed by atoms with E-state index < -0.39 is 70.5 Å².